The summed E-state index contributed by atoms with van der Waals surface area (Å²) in [4.78, 5) is 30.3. The summed E-state index contributed by atoms with van der Waals surface area (Å²) in [6, 6.07) is 12.9. The number of benzene rings is 1. The van der Waals surface area contributed by atoms with E-state index in [2.05, 4.69) is 15.2 Å². The van der Waals surface area contributed by atoms with Crippen LogP contribution in [-0.4, -0.2) is 62.3 Å². The third kappa shape index (κ3) is 5.02. The fourth-order valence-electron chi connectivity index (χ4n) is 4.05. The number of Topliss-reactive ketones (excluding diaryl/α,β-unsaturated/α-hetero) is 1. The molecule has 4 heterocycles. The van der Waals surface area contributed by atoms with Gasteiger partial charge in [0.2, 0.25) is 0 Å². The fraction of sp³-hybridized carbons (Fsp3) is 0.280. The number of nitrogens with zero attached hydrogens (tertiary/aromatic N) is 4. The van der Waals surface area contributed by atoms with Crippen molar-refractivity contribution in [3.63, 3.8) is 0 Å². The molecule has 1 aromatic carbocycles. The maximum Gasteiger partial charge on any atom is 0.270 e. The quantitative estimate of drug-likeness (QED) is 0.277. The molecule has 1 fully saturated rings. The lowest BCUT2D eigenvalue weighted by Crippen LogP contribution is -2.27. The summed E-state index contributed by atoms with van der Waals surface area (Å²) in [5, 5.41) is 9.34. The van der Waals surface area contributed by atoms with Gasteiger partial charge in [0.15, 0.2) is 16.8 Å². The normalized spacial score (nSPS) is 13.3. The minimum Gasteiger partial charge on any atom is -0.497 e. The Balaban J connectivity index is 1.34. The highest BCUT2D eigenvalue weighted by Gasteiger charge is 2.22. The van der Waals surface area contributed by atoms with E-state index >= 15 is 0 Å². The molecule has 0 radical (unpaired) electrons. The number of amides is 1. The summed E-state index contributed by atoms with van der Waals surface area (Å²) in [7, 11) is 1.62. The summed E-state index contributed by atoms with van der Waals surface area (Å²) in [5.74, 6) is 2.11. The van der Waals surface area contributed by atoms with Crippen molar-refractivity contribution in [2.24, 2.45) is 0 Å². The van der Waals surface area contributed by atoms with Crippen molar-refractivity contribution in [3.8, 4) is 17.1 Å². The number of rotatable bonds is 9. The van der Waals surface area contributed by atoms with Gasteiger partial charge in [-0.2, -0.15) is 0 Å². The lowest BCUT2D eigenvalue weighted by atomic mass is 10.2. The van der Waals surface area contributed by atoms with E-state index in [0.29, 0.717) is 34.5 Å². The molecule has 3 aromatic heterocycles. The molecule has 180 valence electrons. The zero-order valence-corrected chi connectivity index (χ0v) is 20.1. The van der Waals surface area contributed by atoms with Gasteiger partial charge in [-0.25, -0.2) is 0 Å². The molecule has 35 heavy (non-hydrogen) atoms. The number of hydrogen-bond donors (Lipinski definition) is 1. The van der Waals surface area contributed by atoms with Gasteiger partial charge in [-0.3, -0.25) is 14.2 Å². The summed E-state index contributed by atoms with van der Waals surface area (Å²) in [6.45, 7) is 1.94. The van der Waals surface area contributed by atoms with E-state index in [4.69, 9.17) is 9.15 Å². The van der Waals surface area contributed by atoms with Crippen molar-refractivity contribution in [1.82, 2.24) is 24.6 Å². The van der Waals surface area contributed by atoms with Crippen molar-refractivity contribution in [2.45, 2.75) is 24.5 Å². The number of carbonyl (C=O) groups excluding carboxylic acids is 2. The number of aromatic nitrogens is 4. The number of hydrogen-bond acceptors (Lipinski definition) is 7. The molecular weight excluding hydrogens is 466 g/mol. The predicted octanol–water partition coefficient (Wildman–Crippen LogP) is 4.13. The average Bonchev–Trinajstić information content (AvgIpc) is 3.69. The molecule has 5 rings (SSSR count). The second-order valence-corrected chi connectivity index (χ2v) is 9.16. The van der Waals surface area contributed by atoms with Gasteiger partial charge in [0.05, 0.1) is 25.7 Å². The zero-order chi connectivity index (χ0) is 24.2. The summed E-state index contributed by atoms with van der Waals surface area (Å²) in [6.07, 6.45) is 5.26. The van der Waals surface area contributed by atoms with E-state index in [9.17, 15) is 9.59 Å². The molecular formula is C25H25N5O4S. The molecule has 10 heteroatoms. The van der Waals surface area contributed by atoms with Gasteiger partial charge < -0.3 is 19.0 Å². The molecule has 1 amide bonds. The minimum absolute atomic E-state index is 0.0599. The first-order chi connectivity index (χ1) is 17.1. The van der Waals surface area contributed by atoms with Gasteiger partial charge in [0.1, 0.15) is 17.2 Å². The van der Waals surface area contributed by atoms with E-state index in [1.54, 1.807) is 25.6 Å². The van der Waals surface area contributed by atoms with Crippen LogP contribution in [0.25, 0.3) is 11.4 Å². The Hall–Kier alpha value is -3.79. The molecule has 0 aliphatic carbocycles. The molecule has 0 spiro atoms. The Morgan fingerprint density at radius 1 is 1.14 bits per heavy atom. The molecule has 0 unspecified atom stereocenters. The predicted molar refractivity (Wildman–Crippen MR) is 131 cm³/mol. The number of carbonyl (C=O) groups is 2. The number of ether oxygens (including phenoxy) is 1. The van der Waals surface area contributed by atoms with Crippen molar-refractivity contribution < 1.29 is 18.7 Å². The first-order valence-electron chi connectivity index (χ1n) is 11.4. The van der Waals surface area contributed by atoms with Crippen molar-refractivity contribution in [1.29, 1.82) is 0 Å². The molecule has 0 atom stereocenters. The molecule has 1 saturated heterocycles. The van der Waals surface area contributed by atoms with E-state index < -0.39 is 0 Å². The van der Waals surface area contributed by atoms with Crippen LogP contribution < -0.4 is 4.74 Å². The highest BCUT2D eigenvalue weighted by atomic mass is 32.2. The topological polar surface area (TPSA) is 106 Å². The van der Waals surface area contributed by atoms with Crippen molar-refractivity contribution in [2.75, 3.05) is 26.0 Å². The third-order valence-electron chi connectivity index (χ3n) is 5.90. The summed E-state index contributed by atoms with van der Waals surface area (Å²) in [5.41, 5.74) is 1.77. The maximum absolute atomic E-state index is 12.9. The van der Waals surface area contributed by atoms with Crippen molar-refractivity contribution >= 4 is 23.5 Å². The van der Waals surface area contributed by atoms with Crippen LogP contribution in [-0.2, 0) is 6.54 Å². The summed E-state index contributed by atoms with van der Waals surface area (Å²) >= 11 is 1.30. The van der Waals surface area contributed by atoms with Gasteiger partial charge in [0, 0.05) is 30.4 Å². The highest BCUT2D eigenvalue weighted by Crippen LogP contribution is 2.28. The Labute approximate surface area is 206 Å². The Bertz CT molecular complexity index is 1320. The number of likely N-dealkylation sites (tertiary alicyclic amines) is 1. The number of methoxy groups -OCH3 is 1. The molecule has 1 aliphatic rings. The van der Waals surface area contributed by atoms with E-state index in [-0.39, 0.29) is 17.4 Å². The molecule has 1 N–H and O–H groups in total. The number of thioether (sulfide) groups is 1. The van der Waals surface area contributed by atoms with E-state index in [1.807, 2.05) is 45.9 Å². The monoisotopic (exact) mass is 491 g/mol. The van der Waals surface area contributed by atoms with Crippen LogP contribution in [0.15, 0.2) is 64.5 Å². The van der Waals surface area contributed by atoms with Crippen LogP contribution in [0.3, 0.4) is 0 Å². The van der Waals surface area contributed by atoms with Gasteiger partial charge in [-0.05, 0) is 43.2 Å². The molecule has 9 nitrogen and oxygen atoms in total. The van der Waals surface area contributed by atoms with Crippen LogP contribution in [0.4, 0.5) is 0 Å². The molecule has 1 aliphatic heterocycles. The second kappa shape index (κ2) is 10.2. The Morgan fingerprint density at radius 2 is 2.00 bits per heavy atom. The SMILES string of the molecule is COc1cccc(-c2nnc(SCC(=O)c3c[nH]c(C(=O)N4CCCC4)c3)n2Cc2ccco2)c1. The smallest absolute Gasteiger partial charge is 0.270 e. The lowest BCUT2D eigenvalue weighted by molar-refractivity contribution is 0.0787. The molecule has 0 bridgehead atoms. The van der Waals surface area contributed by atoms with Gasteiger partial charge >= 0.3 is 0 Å². The van der Waals surface area contributed by atoms with E-state index in [0.717, 1.165) is 37.3 Å². The fourth-order valence-corrected chi connectivity index (χ4v) is 4.89. The third-order valence-corrected chi connectivity index (χ3v) is 6.87. The number of H-pyrrole nitrogens is 1. The van der Waals surface area contributed by atoms with Gasteiger partial charge in [-0.1, -0.05) is 23.9 Å². The van der Waals surface area contributed by atoms with Gasteiger partial charge in [0.25, 0.3) is 5.91 Å². The van der Waals surface area contributed by atoms with E-state index in [1.165, 1.54) is 11.8 Å². The van der Waals surface area contributed by atoms with Crippen LogP contribution >= 0.6 is 11.8 Å². The van der Waals surface area contributed by atoms with Gasteiger partial charge in [-0.15, -0.1) is 10.2 Å². The Morgan fingerprint density at radius 3 is 2.77 bits per heavy atom. The number of aromatic amines is 1. The second-order valence-electron chi connectivity index (χ2n) is 8.22. The maximum atomic E-state index is 12.9. The number of ketones is 1. The first-order valence-corrected chi connectivity index (χ1v) is 12.3. The van der Waals surface area contributed by atoms with Crippen LogP contribution in [0.2, 0.25) is 0 Å². The van der Waals surface area contributed by atoms with Crippen LogP contribution in [0.1, 0.15) is 39.4 Å². The standard InChI is InChI=1S/C25H25N5O4S/c1-33-19-7-4-6-17(12-19)23-27-28-25(30(23)15-20-8-5-11-34-20)35-16-22(31)18-13-21(26-14-18)24(32)29-9-2-3-10-29/h4-8,11-14,26H,2-3,9-10,15-16H2,1H3. The lowest BCUT2D eigenvalue weighted by Gasteiger charge is -2.13. The largest absolute Gasteiger partial charge is 0.497 e. The minimum atomic E-state index is -0.0952. The van der Waals surface area contributed by atoms with Crippen molar-refractivity contribution in [3.05, 3.63) is 71.9 Å². The molecule has 0 saturated carbocycles. The van der Waals surface area contributed by atoms with Crippen LogP contribution in [0.5, 0.6) is 5.75 Å². The van der Waals surface area contributed by atoms with Crippen LogP contribution in [0, 0.1) is 0 Å². The highest BCUT2D eigenvalue weighted by molar-refractivity contribution is 7.99. The molecule has 4 aromatic rings. The Kier molecular flexibility index (Phi) is 6.71. The number of nitrogens with one attached hydrogen (secondary N) is 1. The average molecular weight is 492 g/mol. The first kappa shape index (κ1) is 23.0. The number of furan rings is 1. The summed E-state index contributed by atoms with van der Waals surface area (Å²) < 4.78 is 12.8. The zero-order valence-electron chi connectivity index (χ0n) is 19.3.